The fourth-order valence-corrected chi connectivity index (χ4v) is 11.7. The van der Waals surface area contributed by atoms with Gasteiger partial charge in [-0.05, 0) is 31.6 Å². The lowest BCUT2D eigenvalue weighted by Gasteiger charge is -2.21. The van der Waals surface area contributed by atoms with E-state index in [4.69, 9.17) is 37.0 Å². The van der Waals surface area contributed by atoms with Crippen molar-refractivity contribution in [2.45, 2.75) is 361 Å². The molecule has 0 heterocycles. The first-order chi connectivity index (χ1) is 41.5. The number of carbonyl (C=O) groups excluding carboxylic acids is 4. The molecule has 0 aliphatic rings. The molecular weight excluding hydrogens is 1140 g/mol. The van der Waals surface area contributed by atoms with Crippen molar-refractivity contribution in [3.05, 3.63) is 0 Å². The average molecular weight is 1270 g/mol. The molecule has 5 atom stereocenters. The van der Waals surface area contributed by atoms with E-state index in [1.807, 2.05) is 0 Å². The predicted octanol–water partition coefficient (Wildman–Crippen LogP) is 19.0. The number of esters is 4. The molecule has 0 saturated carbocycles. The monoisotopic (exact) mass is 1270 g/mol. The standard InChI is InChI=1S/C67H130O17P2/c1-6-9-12-15-18-21-22-23-24-25-26-27-33-38-43-48-53-67(72)84-63(57-78-65(70)51-46-41-36-32-29-28-31-34-39-44-49-60(4)5)59-82-86(75,76)80-55-61(68)54-79-85(73,74)81-58-62(56-77-64(69)50-45-40-35-20-17-14-11-8-3)83-66(71)52-47-42-37-30-19-16-13-10-7-2/h60-63,68H,6-59H2,1-5H3,(H,73,74)(H,75,76)/t61-,62+,63+/m0/s1. The molecule has 17 nitrogen and oxygen atoms in total. The van der Waals surface area contributed by atoms with Crippen LogP contribution in [-0.2, 0) is 65.4 Å². The van der Waals surface area contributed by atoms with Crippen LogP contribution in [0, 0.1) is 5.92 Å². The summed E-state index contributed by atoms with van der Waals surface area (Å²) in [4.78, 5) is 72.3. The molecule has 3 N–H and O–H groups in total. The minimum absolute atomic E-state index is 0.106. The van der Waals surface area contributed by atoms with Crippen LogP contribution in [0.15, 0.2) is 0 Å². The lowest BCUT2D eigenvalue weighted by atomic mass is 10.0. The van der Waals surface area contributed by atoms with Crippen molar-refractivity contribution in [3.8, 4) is 0 Å². The van der Waals surface area contributed by atoms with Crippen LogP contribution >= 0.6 is 15.6 Å². The van der Waals surface area contributed by atoms with Crippen molar-refractivity contribution in [1.29, 1.82) is 0 Å². The molecule has 0 rings (SSSR count). The highest BCUT2D eigenvalue weighted by molar-refractivity contribution is 7.47. The van der Waals surface area contributed by atoms with E-state index in [1.54, 1.807) is 0 Å². The summed E-state index contributed by atoms with van der Waals surface area (Å²) in [6.45, 7) is 7.18. The molecule has 2 unspecified atom stereocenters. The minimum Gasteiger partial charge on any atom is -0.462 e. The molecule has 0 amide bonds. The Morgan fingerprint density at radius 1 is 0.314 bits per heavy atom. The minimum atomic E-state index is -4.95. The molecule has 0 aromatic heterocycles. The Bertz CT molecular complexity index is 1670. The van der Waals surface area contributed by atoms with Crippen LogP contribution < -0.4 is 0 Å². The van der Waals surface area contributed by atoms with Crippen LogP contribution in [0.2, 0.25) is 0 Å². The van der Waals surface area contributed by atoms with Crippen LogP contribution in [-0.4, -0.2) is 96.7 Å². The second kappa shape index (κ2) is 60.6. The van der Waals surface area contributed by atoms with Gasteiger partial charge in [0.15, 0.2) is 12.2 Å². The number of rotatable bonds is 67. The van der Waals surface area contributed by atoms with E-state index in [-0.39, 0.29) is 25.7 Å². The van der Waals surface area contributed by atoms with E-state index in [1.165, 1.54) is 161 Å². The summed E-state index contributed by atoms with van der Waals surface area (Å²) in [6, 6.07) is 0. The highest BCUT2D eigenvalue weighted by atomic mass is 31.2. The van der Waals surface area contributed by atoms with E-state index in [0.717, 1.165) is 102 Å². The van der Waals surface area contributed by atoms with E-state index in [9.17, 15) is 43.2 Å². The molecule has 86 heavy (non-hydrogen) atoms. The van der Waals surface area contributed by atoms with Crippen LogP contribution in [0.3, 0.4) is 0 Å². The van der Waals surface area contributed by atoms with Crippen LogP contribution in [0.4, 0.5) is 0 Å². The van der Waals surface area contributed by atoms with Gasteiger partial charge >= 0.3 is 39.5 Å². The van der Waals surface area contributed by atoms with Gasteiger partial charge in [-0.25, -0.2) is 9.13 Å². The van der Waals surface area contributed by atoms with Crippen molar-refractivity contribution < 1.29 is 80.2 Å². The summed E-state index contributed by atoms with van der Waals surface area (Å²) in [5, 5.41) is 10.5. The lowest BCUT2D eigenvalue weighted by Crippen LogP contribution is -2.30. The number of carbonyl (C=O) groups is 4. The number of unbranched alkanes of at least 4 members (excludes halogenated alkanes) is 39. The normalized spacial score (nSPS) is 14.2. The highest BCUT2D eigenvalue weighted by Gasteiger charge is 2.30. The molecule has 510 valence electrons. The molecule has 0 aromatic rings. The fourth-order valence-electron chi connectivity index (χ4n) is 10.1. The molecule has 0 saturated heterocycles. The first kappa shape index (κ1) is 84.1. The van der Waals surface area contributed by atoms with Gasteiger partial charge in [-0.2, -0.15) is 0 Å². The smallest absolute Gasteiger partial charge is 0.462 e. The van der Waals surface area contributed by atoms with E-state index in [2.05, 4.69) is 34.6 Å². The van der Waals surface area contributed by atoms with Gasteiger partial charge in [0.1, 0.15) is 19.3 Å². The fraction of sp³-hybridized carbons (Fsp3) is 0.940. The second-order valence-electron chi connectivity index (χ2n) is 24.7. The van der Waals surface area contributed by atoms with Crippen LogP contribution in [0.5, 0.6) is 0 Å². The highest BCUT2D eigenvalue weighted by Crippen LogP contribution is 2.45. The summed E-state index contributed by atoms with van der Waals surface area (Å²) in [5.41, 5.74) is 0. The van der Waals surface area contributed by atoms with Crippen LogP contribution in [0.25, 0.3) is 0 Å². The number of aliphatic hydroxyl groups excluding tert-OH is 1. The average Bonchev–Trinajstić information content (AvgIpc) is 3.61. The summed E-state index contributed by atoms with van der Waals surface area (Å²) >= 11 is 0. The maximum atomic E-state index is 13.0. The maximum absolute atomic E-state index is 13.0. The number of ether oxygens (including phenoxy) is 4. The number of hydrogen-bond acceptors (Lipinski definition) is 15. The molecule has 19 heteroatoms. The molecule has 0 aliphatic carbocycles. The summed E-state index contributed by atoms with van der Waals surface area (Å²) in [6.07, 6.45) is 45.8. The molecular formula is C67H130O17P2. The Kier molecular flexibility index (Phi) is 59.2. The topological polar surface area (TPSA) is 237 Å². The first-order valence-electron chi connectivity index (χ1n) is 35.1. The Labute approximate surface area is 524 Å². The molecule has 0 aromatic carbocycles. The maximum Gasteiger partial charge on any atom is 0.472 e. The number of phosphoric acid groups is 2. The summed E-state index contributed by atoms with van der Waals surface area (Å²) in [5.74, 6) is -1.37. The number of aliphatic hydroxyl groups is 1. The van der Waals surface area contributed by atoms with Crippen molar-refractivity contribution in [1.82, 2.24) is 0 Å². The molecule has 0 spiro atoms. The van der Waals surface area contributed by atoms with Gasteiger partial charge < -0.3 is 33.8 Å². The van der Waals surface area contributed by atoms with Gasteiger partial charge in [-0.1, -0.05) is 291 Å². The summed E-state index contributed by atoms with van der Waals surface area (Å²) < 4.78 is 68.1. The zero-order valence-electron chi connectivity index (χ0n) is 55.4. The van der Waals surface area contributed by atoms with Gasteiger partial charge in [0.2, 0.25) is 0 Å². The Balaban J connectivity index is 5.21. The third-order valence-electron chi connectivity index (χ3n) is 15.5. The third-order valence-corrected chi connectivity index (χ3v) is 17.4. The largest absolute Gasteiger partial charge is 0.472 e. The molecule has 0 fully saturated rings. The molecule has 0 bridgehead atoms. The Morgan fingerprint density at radius 2 is 0.535 bits per heavy atom. The van der Waals surface area contributed by atoms with E-state index >= 15 is 0 Å². The van der Waals surface area contributed by atoms with Crippen LogP contribution in [0.1, 0.15) is 343 Å². The van der Waals surface area contributed by atoms with Gasteiger partial charge in [0.25, 0.3) is 0 Å². The number of phosphoric ester groups is 2. The molecule has 0 radical (unpaired) electrons. The van der Waals surface area contributed by atoms with Crippen molar-refractivity contribution in [2.75, 3.05) is 39.6 Å². The second-order valence-corrected chi connectivity index (χ2v) is 27.6. The first-order valence-corrected chi connectivity index (χ1v) is 38.1. The predicted molar refractivity (Wildman–Crippen MR) is 345 cm³/mol. The molecule has 0 aliphatic heterocycles. The van der Waals surface area contributed by atoms with Gasteiger partial charge in [0, 0.05) is 25.7 Å². The SMILES string of the molecule is CCCCCCCCCCCCCCCCCCC(=O)O[C@H](COC(=O)CCCCCCCCCCCCC(C)C)COP(=O)(O)OC[C@@H](O)COP(=O)(O)OC[C@@H](COC(=O)CCCCCCCCCC)OC(=O)CCCCCCCCCCC. The Hall–Kier alpha value is -1.94. The third kappa shape index (κ3) is 60.9. The van der Waals surface area contributed by atoms with Gasteiger partial charge in [-0.3, -0.25) is 37.3 Å². The zero-order chi connectivity index (χ0) is 63.5. The van der Waals surface area contributed by atoms with Gasteiger partial charge in [0.05, 0.1) is 26.4 Å². The zero-order valence-corrected chi connectivity index (χ0v) is 57.2. The van der Waals surface area contributed by atoms with Crippen molar-refractivity contribution in [3.63, 3.8) is 0 Å². The van der Waals surface area contributed by atoms with E-state index in [0.29, 0.717) is 25.7 Å². The van der Waals surface area contributed by atoms with Gasteiger partial charge in [-0.15, -0.1) is 0 Å². The Morgan fingerprint density at radius 3 is 0.791 bits per heavy atom. The lowest BCUT2D eigenvalue weighted by molar-refractivity contribution is -0.161. The quantitative estimate of drug-likeness (QED) is 0.0222. The van der Waals surface area contributed by atoms with Crippen molar-refractivity contribution in [2.24, 2.45) is 5.92 Å². The van der Waals surface area contributed by atoms with E-state index < -0.39 is 97.5 Å². The van der Waals surface area contributed by atoms with Crippen molar-refractivity contribution >= 4 is 39.5 Å². The summed E-state index contributed by atoms with van der Waals surface area (Å²) in [7, 11) is -9.89. The number of hydrogen-bond donors (Lipinski definition) is 3.